The summed E-state index contributed by atoms with van der Waals surface area (Å²) in [4.78, 5) is 0. The Kier molecular flexibility index (Phi) is 6.78. The molecule has 1 heteroatoms. The maximum absolute atomic E-state index is 3.41. The summed E-state index contributed by atoms with van der Waals surface area (Å²) in [6.45, 7) is 9.24. The summed E-state index contributed by atoms with van der Waals surface area (Å²) in [7, 11) is 0. The topological polar surface area (TPSA) is 12.0 Å². The summed E-state index contributed by atoms with van der Waals surface area (Å²) in [5.74, 6) is 1.42. The van der Waals surface area contributed by atoms with E-state index in [2.05, 4.69) is 68.6 Å². The van der Waals surface area contributed by atoms with E-state index in [1.54, 1.807) is 5.57 Å². The minimum atomic E-state index is 0. The SMILES string of the molecule is C.CCCc1cc(C(C)CC)ccc1-c1ccc2c(c1)CCC(C1CNC1)=C2. The monoisotopic (exact) mass is 375 g/mol. The Morgan fingerprint density at radius 1 is 1.04 bits per heavy atom. The fraction of sp³-hybridized carbons (Fsp3) is 0.481. The molecule has 4 rings (SSSR count). The maximum atomic E-state index is 3.41. The standard InChI is InChI=1S/C26H33N.CH4/c1-4-6-23-13-19(18(3)5-2)11-12-26(23)24-10-9-20-14-22(25-16-27-17-25)8-7-21(20)15-24;/h9-15,18,25,27H,4-8,16-17H2,1-3H3;1H4. The Balaban J connectivity index is 0.00000225. The van der Waals surface area contributed by atoms with Gasteiger partial charge in [-0.05, 0) is 65.0 Å². The number of aryl methyl sites for hydroxylation is 2. The fourth-order valence-electron chi connectivity index (χ4n) is 4.47. The zero-order valence-electron chi connectivity index (χ0n) is 17.1. The minimum Gasteiger partial charge on any atom is -0.315 e. The van der Waals surface area contributed by atoms with Crippen molar-refractivity contribution in [3.8, 4) is 11.1 Å². The van der Waals surface area contributed by atoms with Gasteiger partial charge < -0.3 is 5.32 Å². The van der Waals surface area contributed by atoms with Gasteiger partial charge in [0.05, 0.1) is 0 Å². The van der Waals surface area contributed by atoms with E-state index in [0.717, 1.165) is 12.3 Å². The van der Waals surface area contributed by atoms with Crippen molar-refractivity contribution < 1.29 is 0 Å². The Labute approximate surface area is 172 Å². The smallest absolute Gasteiger partial charge is 0.00508 e. The van der Waals surface area contributed by atoms with Crippen LogP contribution >= 0.6 is 0 Å². The first-order chi connectivity index (χ1) is 13.2. The lowest BCUT2D eigenvalue weighted by Crippen LogP contribution is -2.43. The van der Waals surface area contributed by atoms with Crippen LogP contribution in [0.25, 0.3) is 17.2 Å². The van der Waals surface area contributed by atoms with Crippen molar-refractivity contribution in [2.45, 2.75) is 66.2 Å². The summed E-state index contributed by atoms with van der Waals surface area (Å²) in [6, 6.07) is 14.3. The molecule has 1 aliphatic carbocycles. The summed E-state index contributed by atoms with van der Waals surface area (Å²) in [6.07, 6.45) is 8.46. The number of benzene rings is 2. The molecule has 1 N–H and O–H groups in total. The molecule has 0 amide bonds. The first kappa shape index (κ1) is 20.9. The quantitative estimate of drug-likeness (QED) is 0.573. The number of rotatable bonds is 6. The highest BCUT2D eigenvalue weighted by atomic mass is 14.9. The van der Waals surface area contributed by atoms with Crippen molar-refractivity contribution in [2.75, 3.05) is 13.1 Å². The van der Waals surface area contributed by atoms with Gasteiger partial charge in [-0.15, -0.1) is 0 Å². The molecule has 1 nitrogen and oxygen atoms in total. The van der Waals surface area contributed by atoms with Crippen molar-refractivity contribution in [3.05, 3.63) is 64.2 Å². The molecule has 0 saturated carbocycles. The van der Waals surface area contributed by atoms with Gasteiger partial charge in [0.2, 0.25) is 0 Å². The molecule has 1 fully saturated rings. The van der Waals surface area contributed by atoms with Crippen LogP contribution in [0, 0.1) is 5.92 Å². The van der Waals surface area contributed by atoms with Gasteiger partial charge in [0, 0.05) is 19.0 Å². The lowest BCUT2D eigenvalue weighted by atomic mass is 9.82. The molecule has 150 valence electrons. The molecule has 2 aromatic rings. The fourth-order valence-corrected chi connectivity index (χ4v) is 4.47. The van der Waals surface area contributed by atoms with E-state index in [-0.39, 0.29) is 7.43 Å². The van der Waals surface area contributed by atoms with Crippen LogP contribution in [0.15, 0.2) is 42.0 Å². The second-order valence-corrected chi connectivity index (χ2v) is 8.46. The Hall–Kier alpha value is -1.86. The third-order valence-electron chi connectivity index (χ3n) is 6.61. The van der Waals surface area contributed by atoms with E-state index in [0.29, 0.717) is 5.92 Å². The Morgan fingerprint density at radius 3 is 2.54 bits per heavy atom. The summed E-state index contributed by atoms with van der Waals surface area (Å²) < 4.78 is 0. The zero-order valence-corrected chi connectivity index (χ0v) is 17.1. The third kappa shape index (κ3) is 4.10. The number of nitrogens with one attached hydrogen (secondary N) is 1. The highest BCUT2D eigenvalue weighted by molar-refractivity contribution is 5.72. The first-order valence-corrected chi connectivity index (χ1v) is 10.9. The Bertz CT molecular complexity index is 841. The van der Waals surface area contributed by atoms with Crippen molar-refractivity contribution in [1.29, 1.82) is 0 Å². The van der Waals surface area contributed by atoms with E-state index in [1.807, 2.05) is 0 Å². The van der Waals surface area contributed by atoms with E-state index in [9.17, 15) is 0 Å². The zero-order chi connectivity index (χ0) is 18.8. The van der Waals surface area contributed by atoms with Crippen LogP contribution in [0.3, 0.4) is 0 Å². The van der Waals surface area contributed by atoms with E-state index >= 15 is 0 Å². The van der Waals surface area contributed by atoms with Gasteiger partial charge in [-0.1, -0.05) is 82.7 Å². The molecule has 1 saturated heterocycles. The molecule has 1 aliphatic heterocycles. The van der Waals surface area contributed by atoms with Crippen LogP contribution in [0.2, 0.25) is 0 Å². The third-order valence-corrected chi connectivity index (χ3v) is 6.61. The number of fused-ring (bicyclic) bond motifs is 1. The largest absolute Gasteiger partial charge is 0.315 e. The highest BCUT2D eigenvalue weighted by Crippen LogP contribution is 2.35. The van der Waals surface area contributed by atoms with Crippen molar-refractivity contribution in [2.24, 2.45) is 5.92 Å². The van der Waals surface area contributed by atoms with Gasteiger partial charge in [0.1, 0.15) is 0 Å². The molecule has 2 aromatic carbocycles. The van der Waals surface area contributed by atoms with Crippen LogP contribution in [0.4, 0.5) is 0 Å². The van der Waals surface area contributed by atoms with Gasteiger partial charge >= 0.3 is 0 Å². The van der Waals surface area contributed by atoms with Gasteiger partial charge in [-0.2, -0.15) is 0 Å². The van der Waals surface area contributed by atoms with Gasteiger partial charge in [0.15, 0.2) is 0 Å². The van der Waals surface area contributed by atoms with Gasteiger partial charge in [0.25, 0.3) is 0 Å². The van der Waals surface area contributed by atoms with Gasteiger partial charge in [-0.3, -0.25) is 0 Å². The van der Waals surface area contributed by atoms with Crippen molar-refractivity contribution in [1.82, 2.24) is 5.32 Å². The van der Waals surface area contributed by atoms with Gasteiger partial charge in [-0.25, -0.2) is 0 Å². The molecular formula is C27H37N. The average molecular weight is 376 g/mol. The first-order valence-electron chi connectivity index (χ1n) is 10.9. The molecule has 1 atom stereocenters. The van der Waals surface area contributed by atoms with Crippen molar-refractivity contribution in [3.63, 3.8) is 0 Å². The summed E-state index contributed by atoms with van der Waals surface area (Å²) >= 11 is 0. The van der Waals surface area contributed by atoms with Crippen LogP contribution in [-0.2, 0) is 12.8 Å². The van der Waals surface area contributed by atoms with Crippen molar-refractivity contribution >= 4 is 6.08 Å². The molecule has 28 heavy (non-hydrogen) atoms. The molecular weight excluding hydrogens is 338 g/mol. The number of hydrogen-bond acceptors (Lipinski definition) is 1. The number of hydrogen-bond donors (Lipinski definition) is 1. The van der Waals surface area contributed by atoms with E-state index < -0.39 is 0 Å². The molecule has 1 unspecified atom stereocenters. The Morgan fingerprint density at radius 2 is 1.86 bits per heavy atom. The summed E-state index contributed by atoms with van der Waals surface area (Å²) in [5, 5.41) is 3.41. The van der Waals surface area contributed by atoms with E-state index in [4.69, 9.17) is 0 Å². The molecule has 0 aromatic heterocycles. The van der Waals surface area contributed by atoms with Crippen LogP contribution < -0.4 is 5.32 Å². The predicted octanol–water partition coefficient (Wildman–Crippen LogP) is 7.00. The molecule has 0 radical (unpaired) electrons. The maximum Gasteiger partial charge on any atom is 0.00508 e. The van der Waals surface area contributed by atoms with E-state index in [1.165, 1.54) is 72.2 Å². The predicted molar refractivity (Wildman–Crippen MR) is 124 cm³/mol. The van der Waals surface area contributed by atoms with Crippen LogP contribution in [0.1, 0.15) is 75.6 Å². The van der Waals surface area contributed by atoms with Crippen LogP contribution in [-0.4, -0.2) is 13.1 Å². The molecule has 2 aliphatic rings. The summed E-state index contributed by atoms with van der Waals surface area (Å²) in [5.41, 5.74) is 10.5. The van der Waals surface area contributed by atoms with Crippen LogP contribution in [0.5, 0.6) is 0 Å². The second-order valence-electron chi connectivity index (χ2n) is 8.46. The molecule has 1 heterocycles. The normalized spacial score (nSPS) is 17.2. The highest BCUT2D eigenvalue weighted by Gasteiger charge is 2.23. The minimum absolute atomic E-state index is 0. The lowest BCUT2D eigenvalue weighted by Gasteiger charge is -2.32. The average Bonchev–Trinajstić information content (AvgIpc) is 2.66. The lowest BCUT2D eigenvalue weighted by molar-refractivity contribution is 0.391. The molecule has 0 spiro atoms. The second kappa shape index (κ2) is 9.09. The molecule has 0 bridgehead atoms.